The van der Waals surface area contributed by atoms with E-state index in [9.17, 15) is 32.0 Å². The molecule has 3 aromatic rings. The Morgan fingerprint density at radius 3 is 2.60 bits per heavy atom. The van der Waals surface area contributed by atoms with Crippen molar-refractivity contribution >= 4 is 11.6 Å². The maximum atomic E-state index is 14.2. The fraction of sp³-hybridized carbons (Fsp3) is 0.467. The summed E-state index contributed by atoms with van der Waals surface area (Å²) < 4.78 is 71.6. The zero-order valence-electron chi connectivity index (χ0n) is 22.9. The van der Waals surface area contributed by atoms with Crippen LogP contribution >= 0.6 is 0 Å². The summed E-state index contributed by atoms with van der Waals surface area (Å²) >= 11 is 0. The zero-order chi connectivity index (χ0) is 29.9. The number of halogens is 5. The Bertz CT molecular complexity index is 1570. The number of nitriles is 1. The van der Waals surface area contributed by atoms with E-state index in [0.717, 1.165) is 17.5 Å². The third-order valence-corrected chi connectivity index (χ3v) is 8.93. The Hall–Kier alpha value is -3.85. The van der Waals surface area contributed by atoms with Crippen LogP contribution in [0.1, 0.15) is 70.5 Å². The number of amides is 1. The monoisotopic (exact) mass is 584 g/mol. The number of benzene rings is 2. The third-order valence-electron chi connectivity index (χ3n) is 8.93. The average molecular weight is 585 g/mol. The van der Waals surface area contributed by atoms with Gasteiger partial charge in [-0.05, 0) is 60.2 Å². The fourth-order valence-corrected chi connectivity index (χ4v) is 6.65. The van der Waals surface area contributed by atoms with Crippen LogP contribution in [0.3, 0.4) is 0 Å². The summed E-state index contributed by atoms with van der Waals surface area (Å²) in [5.74, 6) is -2.71. The normalized spacial score (nSPS) is 24.9. The topological polar surface area (TPSA) is 86.8 Å². The molecule has 2 aromatic carbocycles. The standard InChI is InChI=1S/C30H29F5N6O/c1-40-17-38-39-26(40)13-28(10-19(11-28)14-36)20-3-2-4-22(9-20)41-16-24-23(27(41)42)7-18(8-25(24)30(33,34)35)15-37-21-5-6-29(31,32)12-21/h2-4,7-9,17,19,21,37H,5-6,10-13,15-16H2,1H3/t19-,21-,28-/m1/s1. The van der Waals surface area contributed by atoms with Gasteiger partial charge in [0.05, 0.1) is 18.2 Å². The van der Waals surface area contributed by atoms with Crippen LogP contribution in [-0.2, 0) is 38.1 Å². The third kappa shape index (κ3) is 5.15. The summed E-state index contributed by atoms with van der Waals surface area (Å²) in [4.78, 5) is 14.9. The van der Waals surface area contributed by atoms with Gasteiger partial charge in [-0.3, -0.25) is 4.79 Å². The van der Waals surface area contributed by atoms with Gasteiger partial charge in [0.25, 0.3) is 5.91 Å². The largest absolute Gasteiger partial charge is 0.416 e. The minimum atomic E-state index is -4.70. The van der Waals surface area contributed by atoms with Gasteiger partial charge < -0.3 is 14.8 Å². The van der Waals surface area contributed by atoms with Crippen LogP contribution in [0, 0.1) is 17.2 Å². The number of carbonyl (C=O) groups is 1. The van der Waals surface area contributed by atoms with Crippen molar-refractivity contribution in [3.8, 4) is 6.07 Å². The number of alkyl halides is 5. The van der Waals surface area contributed by atoms with E-state index in [0.29, 0.717) is 24.9 Å². The van der Waals surface area contributed by atoms with E-state index in [1.54, 1.807) is 18.5 Å². The molecule has 0 saturated heterocycles. The van der Waals surface area contributed by atoms with Gasteiger partial charge in [0.1, 0.15) is 12.2 Å². The molecule has 6 rings (SSSR count). The van der Waals surface area contributed by atoms with Gasteiger partial charge in [0, 0.05) is 61.5 Å². The number of carbonyl (C=O) groups excluding carboxylic acids is 1. The number of hydrogen-bond acceptors (Lipinski definition) is 5. The van der Waals surface area contributed by atoms with Gasteiger partial charge in [0.15, 0.2) is 0 Å². The maximum Gasteiger partial charge on any atom is 0.416 e. The van der Waals surface area contributed by atoms with Crippen molar-refractivity contribution < 1.29 is 26.7 Å². The molecule has 1 atom stereocenters. The molecule has 220 valence electrons. The van der Waals surface area contributed by atoms with Crippen LogP contribution in [0.4, 0.5) is 27.6 Å². The lowest BCUT2D eigenvalue weighted by Gasteiger charge is -2.45. The first-order chi connectivity index (χ1) is 19.9. The molecule has 42 heavy (non-hydrogen) atoms. The van der Waals surface area contributed by atoms with Gasteiger partial charge in [-0.25, -0.2) is 8.78 Å². The molecule has 7 nitrogen and oxygen atoms in total. The predicted octanol–water partition coefficient (Wildman–Crippen LogP) is 5.69. The highest BCUT2D eigenvalue weighted by Crippen LogP contribution is 2.50. The Labute approximate surface area is 239 Å². The lowest BCUT2D eigenvalue weighted by Crippen LogP contribution is -2.43. The number of rotatable bonds is 7. The molecule has 1 aliphatic heterocycles. The molecule has 2 fully saturated rings. The zero-order valence-corrected chi connectivity index (χ0v) is 22.9. The first-order valence-electron chi connectivity index (χ1n) is 13.9. The number of anilines is 1. The molecule has 2 saturated carbocycles. The second-order valence-corrected chi connectivity index (χ2v) is 11.8. The van der Waals surface area contributed by atoms with Crippen molar-refractivity contribution in [2.24, 2.45) is 13.0 Å². The first-order valence-corrected chi connectivity index (χ1v) is 13.9. The average Bonchev–Trinajstić information content (AvgIpc) is 3.59. The molecular weight excluding hydrogens is 555 g/mol. The molecule has 12 heteroatoms. The van der Waals surface area contributed by atoms with Crippen molar-refractivity contribution in [2.75, 3.05) is 4.90 Å². The molecule has 0 bridgehead atoms. The van der Waals surface area contributed by atoms with Crippen molar-refractivity contribution in [3.05, 3.63) is 76.4 Å². The predicted molar refractivity (Wildman–Crippen MR) is 143 cm³/mol. The van der Waals surface area contributed by atoms with Crippen LogP contribution in [-0.4, -0.2) is 32.6 Å². The summed E-state index contributed by atoms with van der Waals surface area (Å²) in [5, 5.41) is 20.6. The van der Waals surface area contributed by atoms with Crippen molar-refractivity contribution in [2.45, 2.75) is 75.2 Å². The van der Waals surface area contributed by atoms with Crippen LogP contribution in [0.25, 0.3) is 0 Å². The van der Waals surface area contributed by atoms with E-state index in [1.165, 1.54) is 11.0 Å². The number of nitrogens with zero attached hydrogens (tertiary/aromatic N) is 5. The minimum Gasteiger partial charge on any atom is -0.321 e. The van der Waals surface area contributed by atoms with Gasteiger partial charge in [-0.15, -0.1) is 10.2 Å². The smallest absolute Gasteiger partial charge is 0.321 e. The number of hydrogen-bond donors (Lipinski definition) is 1. The molecule has 0 spiro atoms. The van der Waals surface area contributed by atoms with Crippen molar-refractivity contribution in [1.82, 2.24) is 20.1 Å². The number of aromatic nitrogens is 3. The maximum absolute atomic E-state index is 14.2. The summed E-state index contributed by atoms with van der Waals surface area (Å²) in [6, 6.07) is 11.5. The molecule has 2 aliphatic carbocycles. The van der Waals surface area contributed by atoms with Crippen LogP contribution in [0.5, 0.6) is 0 Å². The van der Waals surface area contributed by atoms with E-state index in [2.05, 4.69) is 21.6 Å². The van der Waals surface area contributed by atoms with Gasteiger partial charge in [0.2, 0.25) is 5.92 Å². The molecule has 0 unspecified atom stereocenters. The second-order valence-electron chi connectivity index (χ2n) is 11.8. The number of aryl methyl sites for hydroxylation is 1. The Morgan fingerprint density at radius 2 is 1.95 bits per heavy atom. The Kier molecular flexibility index (Phi) is 6.84. The van der Waals surface area contributed by atoms with E-state index in [4.69, 9.17) is 0 Å². The summed E-state index contributed by atoms with van der Waals surface area (Å²) in [6.07, 6.45) is -1.76. The molecule has 1 aromatic heterocycles. The molecule has 3 aliphatic rings. The van der Waals surface area contributed by atoms with Crippen molar-refractivity contribution in [3.63, 3.8) is 0 Å². The minimum absolute atomic E-state index is 0.0363. The van der Waals surface area contributed by atoms with Gasteiger partial charge >= 0.3 is 6.18 Å². The van der Waals surface area contributed by atoms with Gasteiger partial charge in [-0.1, -0.05) is 12.1 Å². The molecular formula is C30H29F5N6O. The lowest BCUT2D eigenvalue weighted by molar-refractivity contribution is -0.138. The summed E-state index contributed by atoms with van der Waals surface area (Å²) in [5.41, 5.74) is 0.122. The molecule has 2 heterocycles. The lowest BCUT2D eigenvalue weighted by atomic mass is 9.57. The fourth-order valence-electron chi connectivity index (χ4n) is 6.65. The van der Waals surface area contributed by atoms with Crippen LogP contribution < -0.4 is 10.2 Å². The molecule has 1 N–H and O–H groups in total. The highest BCUT2D eigenvalue weighted by atomic mass is 19.4. The van der Waals surface area contributed by atoms with Crippen LogP contribution in [0.15, 0.2) is 42.7 Å². The molecule has 1 amide bonds. The Morgan fingerprint density at radius 1 is 1.17 bits per heavy atom. The van der Waals surface area contributed by atoms with E-state index >= 15 is 0 Å². The van der Waals surface area contributed by atoms with E-state index in [-0.39, 0.29) is 55.0 Å². The van der Waals surface area contributed by atoms with E-state index in [1.807, 2.05) is 23.7 Å². The highest BCUT2D eigenvalue weighted by Gasteiger charge is 2.47. The summed E-state index contributed by atoms with van der Waals surface area (Å²) in [6.45, 7) is -0.295. The SMILES string of the molecule is Cn1cnnc1C[C@]1(c2cccc(N3Cc4c(cc(CN[C@@H]5CCC(F)(F)C5)cc4C(F)(F)F)C3=O)c2)C[C@H](C#N)C1. The van der Waals surface area contributed by atoms with E-state index < -0.39 is 35.0 Å². The van der Waals surface area contributed by atoms with Crippen LogP contribution in [0.2, 0.25) is 0 Å². The Balaban J connectivity index is 1.29. The number of fused-ring (bicyclic) bond motifs is 1. The molecule has 0 radical (unpaired) electrons. The van der Waals surface area contributed by atoms with Gasteiger partial charge in [-0.2, -0.15) is 18.4 Å². The first kappa shape index (κ1) is 28.3. The quantitative estimate of drug-likeness (QED) is 0.361. The summed E-state index contributed by atoms with van der Waals surface area (Å²) in [7, 11) is 1.84. The number of nitrogens with one attached hydrogen (secondary N) is 1. The van der Waals surface area contributed by atoms with Crippen molar-refractivity contribution in [1.29, 1.82) is 5.26 Å². The highest BCUT2D eigenvalue weighted by molar-refractivity contribution is 6.10. The second kappa shape index (κ2) is 10.2.